The van der Waals surface area contributed by atoms with E-state index in [1.807, 2.05) is 11.3 Å². The standard InChI is InChI=1S/C16H24N2S/c1-2-8-16(7-1)12-18(10-9-17-16)14-4-3-5-15-13(14)6-11-19-15/h6,11,14,17H,1-5,7-10,12H2. The summed E-state index contributed by atoms with van der Waals surface area (Å²) < 4.78 is 0. The van der Waals surface area contributed by atoms with Gasteiger partial charge in [0.15, 0.2) is 0 Å². The molecule has 1 spiro atoms. The lowest BCUT2D eigenvalue weighted by Gasteiger charge is -2.46. The summed E-state index contributed by atoms with van der Waals surface area (Å²) in [6.45, 7) is 3.71. The topological polar surface area (TPSA) is 15.3 Å². The van der Waals surface area contributed by atoms with Crippen LogP contribution in [-0.2, 0) is 6.42 Å². The monoisotopic (exact) mass is 276 g/mol. The second kappa shape index (κ2) is 4.87. The Morgan fingerprint density at radius 2 is 2.16 bits per heavy atom. The van der Waals surface area contributed by atoms with E-state index in [0.717, 1.165) is 6.04 Å². The van der Waals surface area contributed by atoms with Gasteiger partial charge in [0.25, 0.3) is 0 Å². The van der Waals surface area contributed by atoms with Crippen molar-refractivity contribution < 1.29 is 0 Å². The summed E-state index contributed by atoms with van der Waals surface area (Å²) in [7, 11) is 0. The molecule has 1 saturated heterocycles. The van der Waals surface area contributed by atoms with Gasteiger partial charge in [0, 0.05) is 36.1 Å². The molecule has 1 aliphatic heterocycles. The Bertz CT molecular complexity index is 447. The van der Waals surface area contributed by atoms with Crippen molar-refractivity contribution >= 4 is 11.3 Å². The van der Waals surface area contributed by atoms with Crippen LogP contribution >= 0.6 is 11.3 Å². The maximum atomic E-state index is 3.84. The molecule has 0 bridgehead atoms. The van der Waals surface area contributed by atoms with Gasteiger partial charge in [-0.05, 0) is 49.1 Å². The second-order valence-corrected chi connectivity index (χ2v) is 7.59. The number of fused-ring (bicyclic) bond motifs is 1. The van der Waals surface area contributed by atoms with E-state index in [4.69, 9.17) is 0 Å². The molecular formula is C16H24N2S. The van der Waals surface area contributed by atoms with Crippen molar-refractivity contribution in [3.8, 4) is 0 Å². The Kier molecular flexibility index (Phi) is 3.17. The van der Waals surface area contributed by atoms with Gasteiger partial charge in [0.05, 0.1) is 0 Å². The number of hydrogen-bond donors (Lipinski definition) is 1. The van der Waals surface area contributed by atoms with Gasteiger partial charge < -0.3 is 5.32 Å². The minimum atomic E-state index is 0.464. The van der Waals surface area contributed by atoms with Crippen molar-refractivity contribution in [1.29, 1.82) is 0 Å². The van der Waals surface area contributed by atoms with Crippen molar-refractivity contribution in [1.82, 2.24) is 10.2 Å². The summed E-state index contributed by atoms with van der Waals surface area (Å²) in [4.78, 5) is 4.46. The van der Waals surface area contributed by atoms with Crippen LogP contribution in [-0.4, -0.2) is 30.1 Å². The number of hydrogen-bond acceptors (Lipinski definition) is 3. The first-order chi connectivity index (χ1) is 9.36. The molecule has 2 heterocycles. The number of nitrogens with zero attached hydrogens (tertiary/aromatic N) is 1. The van der Waals surface area contributed by atoms with Crippen LogP contribution in [0.1, 0.15) is 55.0 Å². The third kappa shape index (κ3) is 2.16. The lowest BCUT2D eigenvalue weighted by Crippen LogP contribution is -2.59. The second-order valence-electron chi connectivity index (χ2n) is 6.59. The highest BCUT2D eigenvalue weighted by Crippen LogP contribution is 2.40. The molecule has 1 N–H and O–H groups in total. The first-order valence-corrected chi connectivity index (χ1v) is 8.80. The zero-order valence-corrected chi connectivity index (χ0v) is 12.5. The van der Waals surface area contributed by atoms with Crippen LogP contribution < -0.4 is 5.32 Å². The molecule has 1 aromatic rings. The molecule has 104 valence electrons. The molecule has 2 aliphatic carbocycles. The van der Waals surface area contributed by atoms with Gasteiger partial charge in [-0.1, -0.05) is 12.8 Å². The van der Waals surface area contributed by atoms with Crippen LogP contribution in [0.25, 0.3) is 0 Å². The van der Waals surface area contributed by atoms with Gasteiger partial charge in [-0.15, -0.1) is 11.3 Å². The van der Waals surface area contributed by atoms with Crippen molar-refractivity contribution in [3.05, 3.63) is 21.9 Å². The number of rotatable bonds is 1. The maximum Gasteiger partial charge on any atom is 0.0360 e. The van der Waals surface area contributed by atoms with E-state index in [1.165, 1.54) is 64.6 Å². The molecule has 1 aromatic heterocycles. The summed E-state index contributed by atoms with van der Waals surface area (Å²) >= 11 is 1.97. The molecule has 3 aliphatic rings. The molecule has 19 heavy (non-hydrogen) atoms. The molecule has 4 rings (SSSR count). The van der Waals surface area contributed by atoms with Crippen LogP contribution in [0.4, 0.5) is 0 Å². The van der Waals surface area contributed by atoms with Crippen LogP contribution in [0.5, 0.6) is 0 Å². The SMILES string of the molecule is c1cc2c(s1)CCCC2N1CCNC2(CCCC2)C1. The molecular weight excluding hydrogens is 252 g/mol. The fourth-order valence-electron chi connectivity index (χ4n) is 4.48. The first kappa shape index (κ1) is 12.4. The van der Waals surface area contributed by atoms with E-state index >= 15 is 0 Å². The summed E-state index contributed by atoms with van der Waals surface area (Å²) in [6.07, 6.45) is 9.72. The largest absolute Gasteiger partial charge is 0.309 e. The lowest BCUT2D eigenvalue weighted by atomic mass is 9.88. The van der Waals surface area contributed by atoms with Gasteiger partial charge in [0.1, 0.15) is 0 Å². The van der Waals surface area contributed by atoms with Crippen LogP contribution in [0, 0.1) is 0 Å². The maximum absolute atomic E-state index is 3.84. The van der Waals surface area contributed by atoms with Gasteiger partial charge in [-0.25, -0.2) is 0 Å². The molecule has 2 fully saturated rings. The van der Waals surface area contributed by atoms with Crippen LogP contribution in [0.3, 0.4) is 0 Å². The number of nitrogens with one attached hydrogen (secondary N) is 1. The molecule has 0 amide bonds. The number of aryl methyl sites for hydroxylation is 1. The van der Waals surface area contributed by atoms with E-state index in [9.17, 15) is 0 Å². The van der Waals surface area contributed by atoms with Crippen LogP contribution in [0.2, 0.25) is 0 Å². The summed E-state index contributed by atoms with van der Waals surface area (Å²) in [5.74, 6) is 0. The Morgan fingerprint density at radius 1 is 1.26 bits per heavy atom. The Balaban J connectivity index is 1.57. The lowest BCUT2D eigenvalue weighted by molar-refractivity contribution is 0.0856. The Hall–Kier alpha value is -0.380. The van der Waals surface area contributed by atoms with Gasteiger partial charge in [-0.2, -0.15) is 0 Å². The van der Waals surface area contributed by atoms with Crippen molar-refractivity contribution in [2.45, 2.75) is 56.5 Å². The third-order valence-electron chi connectivity index (χ3n) is 5.43. The van der Waals surface area contributed by atoms with E-state index in [0.29, 0.717) is 5.54 Å². The fraction of sp³-hybridized carbons (Fsp3) is 0.750. The van der Waals surface area contributed by atoms with E-state index in [2.05, 4.69) is 21.7 Å². The number of piperazine rings is 1. The Labute approximate surface area is 120 Å². The van der Waals surface area contributed by atoms with Gasteiger partial charge in [-0.3, -0.25) is 4.90 Å². The van der Waals surface area contributed by atoms with E-state index < -0.39 is 0 Å². The normalized spacial score (nSPS) is 30.6. The minimum Gasteiger partial charge on any atom is -0.309 e. The highest BCUT2D eigenvalue weighted by molar-refractivity contribution is 7.10. The predicted octanol–water partition coefficient (Wildman–Crippen LogP) is 3.34. The average molecular weight is 276 g/mol. The predicted molar refractivity (Wildman–Crippen MR) is 80.8 cm³/mol. The zero-order valence-electron chi connectivity index (χ0n) is 11.7. The highest BCUT2D eigenvalue weighted by atomic mass is 32.1. The molecule has 0 aromatic carbocycles. The molecule has 1 saturated carbocycles. The summed E-state index contributed by atoms with van der Waals surface area (Å²) in [5, 5.41) is 6.14. The molecule has 0 radical (unpaired) electrons. The molecule has 2 nitrogen and oxygen atoms in total. The average Bonchev–Trinajstić information content (AvgIpc) is 3.07. The molecule has 1 unspecified atom stereocenters. The zero-order chi connectivity index (χ0) is 12.7. The first-order valence-electron chi connectivity index (χ1n) is 7.92. The van der Waals surface area contributed by atoms with Crippen molar-refractivity contribution in [2.75, 3.05) is 19.6 Å². The quantitative estimate of drug-likeness (QED) is 0.846. The third-order valence-corrected chi connectivity index (χ3v) is 6.42. The number of thiophene rings is 1. The molecule has 3 heteroatoms. The summed E-state index contributed by atoms with van der Waals surface area (Å²) in [6, 6.07) is 3.11. The smallest absolute Gasteiger partial charge is 0.0360 e. The van der Waals surface area contributed by atoms with E-state index in [-0.39, 0.29) is 0 Å². The van der Waals surface area contributed by atoms with Crippen LogP contribution in [0.15, 0.2) is 11.4 Å². The Morgan fingerprint density at radius 3 is 3.05 bits per heavy atom. The van der Waals surface area contributed by atoms with E-state index in [1.54, 1.807) is 10.4 Å². The summed E-state index contributed by atoms with van der Waals surface area (Å²) in [5.41, 5.74) is 2.12. The van der Waals surface area contributed by atoms with Gasteiger partial charge in [0.2, 0.25) is 0 Å². The highest BCUT2D eigenvalue weighted by Gasteiger charge is 2.40. The van der Waals surface area contributed by atoms with Crippen molar-refractivity contribution in [3.63, 3.8) is 0 Å². The van der Waals surface area contributed by atoms with Crippen molar-refractivity contribution in [2.24, 2.45) is 0 Å². The minimum absolute atomic E-state index is 0.464. The fourth-order valence-corrected chi connectivity index (χ4v) is 5.46. The molecule has 1 atom stereocenters. The van der Waals surface area contributed by atoms with Gasteiger partial charge >= 0.3 is 0 Å².